The van der Waals surface area contributed by atoms with Gasteiger partial charge in [0.1, 0.15) is 11.7 Å². The number of fused-ring (bicyclic) bond motifs is 2. The SMILES string of the molecule is CCOCC12COC(C)(C1)C(O)CO2. The summed E-state index contributed by atoms with van der Waals surface area (Å²) in [5.41, 5.74) is -0.751. The molecule has 3 atom stereocenters. The van der Waals surface area contributed by atoms with E-state index in [9.17, 15) is 5.11 Å². The highest BCUT2D eigenvalue weighted by atomic mass is 16.6. The van der Waals surface area contributed by atoms with E-state index in [0.29, 0.717) is 26.4 Å². The summed E-state index contributed by atoms with van der Waals surface area (Å²) < 4.78 is 16.6. The Morgan fingerprint density at radius 2 is 2.29 bits per heavy atom. The van der Waals surface area contributed by atoms with Gasteiger partial charge in [0.25, 0.3) is 0 Å². The van der Waals surface area contributed by atoms with Crippen molar-refractivity contribution in [2.45, 2.75) is 37.6 Å². The molecular weight excluding hydrogens is 184 g/mol. The molecule has 3 unspecified atom stereocenters. The lowest BCUT2D eigenvalue weighted by Gasteiger charge is -2.38. The van der Waals surface area contributed by atoms with E-state index in [1.165, 1.54) is 0 Å². The highest BCUT2D eigenvalue weighted by molar-refractivity contribution is 5.04. The van der Waals surface area contributed by atoms with Crippen molar-refractivity contribution < 1.29 is 19.3 Å². The lowest BCUT2D eigenvalue weighted by atomic mass is 9.86. The molecule has 2 aliphatic heterocycles. The second kappa shape index (κ2) is 3.45. The van der Waals surface area contributed by atoms with Crippen molar-refractivity contribution >= 4 is 0 Å². The molecule has 2 saturated heterocycles. The minimum absolute atomic E-state index is 0.315. The zero-order valence-electron chi connectivity index (χ0n) is 8.78. The third kappa shape index (κ3) is 1.56. The van der Waals surface area contributed by atoms with E-state index in [1.807, 2.05) is 13.8 Å². The first kappa shape index (κ1) is 10.4. The van der Waals surface area contributed by atoms with Crippen LogP contribution in [0.25, 0.3) is 0 Å². The van der Waals surface area contributed by atoms with E-state index in [-0.39, 0.29) is 5.60 Å². The maximum Gasteiger partial charge on any atom is 0.118 e. The van der Waals surface area contributed by atoms with Gasteiger partial charge in [0, 0.05) is 13.0 Å². The molecule has 1 N–H and O–H groups in total. The zero-order valence-corrected chi connectivity index (χ0v) is 8.78. The van der Waals surface area contributed by atoms with Gasteiger partial charge in [0.15, 0.2) is 0 Å². The van der Waals surface area contributed by atoms with Gasteiger partial charge in [0.05, 0.1) is 25.4 Å². The van der Waals surface area contributed by atoms with Gasteiger partial charge >= 0.3 is 0 Å². The molecule has 0 aromatic heterocycles. The van der Waals surface area contributed by atoms with Gasteiger partial charge in [-0.25, -0.2) is 0 Å². The normalized spacial score (nSPS) is 46.9. The summed E-state index contributed by atoms with van der Waals surface area (Å²) in [5, 5.41) is 9.70. The molecule has 2 heterocycles. The highest BCUT2D eigenvalue weighted by Gasteiger charge is 2.55. The van der Waals surface area contributed by atoms with Crippen LogP contribution >= 0.6 is 0 Å². The first-order valence-electron chi connectivity index (χ1n) is 5.14. The number of aliphatic hydroxyl groups is 1. The second-order valence-corrected chi connectivity index (χ2v) is 4.43. The van der Waals surface area contributed by atoms with Crippen LogP contribution in [0.1, 0.15) is 20.3 Å². The largest absolute Gasteiger partial charge is 0.388 e. The van der Waals surface area contributed by atoms with Crippen LogP contribution in [0.5, 0.6) is 0 Å². The summed E-state index contributed by atoms with van der Waals surface area (Å²) in [6.07, 6.45) is 0.209. The van der Waals surface area contributed by atoms with E-state index in [4.69, 9.17) is 14.2 Å². The third-order valence-electron chi connectivity index (χ3n) is 3.16. The molecule has 4 nitrogen and oxygen atoms in total. The molecule has 4 heteroatoms. The molecule has 2 rings (SSSR count). The van der Waals surface area contributed by atoms with Gasteiger partial charge in [-0.2, -0.15) is 0 Å². The molecule has 0 radical (unpaired) electrons. The van der Waals surface area contributed by atoms with E-state index >= 15 is 0 Å². The lowest BCUT2D eigenvalue weighted by molar-refractivity contribution is -0.155. The van der Waals surface area contributed by atoms with Crippen molar-refractivity contribution in [1.29, 1.82) is 0 Å². The minimum Gasteiger partial charge on any atom is -0.388 e. The molecule has 0 aromatic carbocycles. The molecule has 2 fully saturated rings. The van der Waals surface area contributed by atoms with Gasteiger partial charge in [-0.1, -0.05) is 0 Å². The first-order valence-corrected chi connectivity index (χ1v) is 5.14. The summed E-state index contributed by atoms with van der Waals surface area (Å²) in [5.74, 6) is 0. The Labute approximate surface area is 84.1 Å². The Balaban J connectivity index is 2.04. The summed E-state index contributed by atoms with van der Waals surface area (Å²) in [6, 6.07) is 0. The topological polar surface area (TPSA) is 47.9 Å². The Kier molecular flexibility index (Phi) is 2.55. The van der Waals surface area contributed by atoms with Crippen LogP contribution < -0.4 is 0 Å². The monoisotopic (exact) mass is 202 g/mol. The molecule has 14 heavy (non-hydrogen) atoms. The number of hydrogen-bond donors (Lipinski definition) is 1. The summed E-state index contributed by atoms with van der Waals surface area (Å²) >= 11 is 0. The molecule has 2 aliphatic rings. The molecule has 82 valence electrons. The van der Waals surface area contributed by atoms with Crippen molar-refractivity contribution in [2.75, 3.05) is 26.4 Å². The van der Waals surface area contributed by atoms with Crippen LogP contribution in [-0.4, -0.2) is 48.8 Å². The van der Waals surface area contributed by atoms with Gasteiger partial charge in [-0.15, -0.1) is 0 Å². The zero-order chi connectivity index (χ0) is 10.2. The van der Waals surface area contributed by atoms with Gasteiger partial charge in [0.2, 0.25) is 0 Å². The van der Waals surface area contributed by atoms with Crippen LogP contribution in [0.2, 0.25) is 0 Å². The number of rotatable bonds is 3. The standard InChI is InChI=1S/C10H18O4/c1-3-12-6-10-5-9(2,14-7-10)8(11)4-13-10/h8,11H,3-7H2,1-2H3. The van der Waals surface area contributed by atoms with Crippen molar-refractivity contribution in [3.8, 4) is 0 Å². The Hall–Kier alpha value is -0.160. The van der Waals surface area contributed by atoms with Crippen molar-refractivity contribution in [1.82, 2.24) is 0 Å². The minimum atomic E-state index is -0.514. The van der Waals surface area contributed by atoms with Crippen LogP contribution in [0.4, 0.5) is 0 Å². The van der Waals surface area contributed by atoms with Crippen LogP contribution in [-0.2, 0) is 14.2 Å². The second-order valence-electron chi connectivity index (χ2n) is 4.43. The van der Waals surface area contributed by atoms with Gasteiger partial charge in [-0.3, -0.25) is 0 Å². The Bertz CT molecular complexity index is 211. The van der Waals surface area contributed by atoms with Crippen LogP contribution in [0.3, 0.4) is 0 Å². The van der Waals surface area contributed by atoms with E-state index < -0.39 is 11.7 Å². The fraction of sp³-hybridized carbons (Fsp3) is 1.00. The predicted octanol–water partition coefficient (Wildman–Crippen LogP) is 0.332. The average Bonchev–Trinajstić information content (AvgIpc) is 2.47. The molecule has 0 aromatic rings. The first-order chi connectivity index (χ1) is 6.60. The van der Waals surface area contributed by atoms with Gasteiger partial charge in [-0.05, 0) is 13.8 Å². The fourth-order valence-electron chi connectivity index (χ4n) is 2.20. The maximum absolute atomic E-state index is 9.70. The average molecular weight is 202 g/mol. The summed E-state index contributed by atoms with van der Waals surface area (Å²) in [6.45, 7) is 6.03. The summed E-state index contributed by atoms with van der Waals surface area (Å²) in [7, 11) is 0. The summed E-state index contributed by atoms with van der Waals surface area (Å²) in [4.78, 5) is 0. The third-order valence-corrected chi connectivity index (χ3v) is 3.16. The van der Waals surface area contributed by atoms with Crippen LogP contribution in [0, 0.1) is 0 Å². The lowest BCUT2D eigenvalue weighted by Crippen LogP contribution is -2.52. The Morgan fingerprint density at radius 1 is 1.50 bits per heavy atom. The van der Waals surface area contributed by atoms with Crippen LogP contribution in [0.15, 0.2) is 0 Å². The maximum atomic E-state index is 9.70. The van der Waals surface area contributed by atoms with Crippen molar-refractivity contribution in [3.05, 3.63) is 0 Å². The van der Waals surface area contributed by atoms with Gasteiger partial charge < -0.3 is 19.3 Å². The van der Waals surface area contributed by atoms with Crippen molar-refractivity contribution in [2.24, 2.45) is 0 Å². The van der Waals surface area contributed by atoms with E-state index in [1.54, 1.807) is 0 Å². The number of ether oxygens (including phenoxy) is 3. The quantitative estimate of drug-likeness (QED) is 0.716. The molecule has 0 saturated carbocycles. The fourth-order valence-corrected chi connectivity index (χ4v) is 2.20. The highest BCUT2D eigenvalue weighted by Crippen LogP contribution is 2.42. The van der Waals surface area contributed by atoms with E-state index in [0.717, 1.165) is 6.42 Å². The Morgan fingerprint density at radius 3 is 3.00 bits per heavy atom. The molecule has 0 aliphatic carbocycles. The van der Waals surface area contributed by atoms with E-state index in [2.05, 4.69) is 0 Å². The number of aliphatic hydroxyl groups excluding tert-OH is 1. The molecular formula is C10H18O4. The smallest absolute Gasteiger partial charge is 0.118 e. The van der Waals surface area contributed by atoms with Crippen molar-refractivity contribution in [3.63, 3.8) is 0 Å². The molecule has 2 bridgehead atoms. The molecule has 0 spiro atoms. The molecule has 0 amide bonds. The predicted molar refractivity (Wildman–Crippen MR) is 50.2 cm³/mol. The number of hydrogen-bond acceptors (Lipinski definition) is 4.